The van der Waals surface area contributed by atoms with Gasteiger partial charge in [0.05, 0.1) is 0 Å². The Morgan fingerprint density at radius 3 is 2.65 bits per heavy atom. The third kappa shape index (κ3) is 3.73. The molecule has 6 nitrogen and oxygen atoms in total. The summed E-state index contributed by atoms with van der Waals surface area (Å²) in [5.41, 5.74) is 0.0777. The van der Waals surface area contributed by atoms with Gasteiger partial charge >= 0.3 is 5.69 Å². The number of nitrogens with zero attached hydrogens (tertiary/aromatic N) is 1. The smallest absolute Gasteiger partial charge is 0.326 e. The van der Waals surface area contributed by atoms with Gasteiger partial charge in [0.2, 0.25) is 0 Å². The predicted molar refractivity (Wildman–Crippen MR) is 89.8 cm³/mol. The van der Waals surface area contributed by atoms with Gasteiger partial charge in [0.15, 0.2) is 0 Å². The second kappa shape index (κ2) is 6.87. The fourth-order valence-electron chi connectivity index (χ4n) is 2.66. The molecule has 1 fully saturated rings. The molecular formula is C16H17N3O3S. The minimum atomic E-state index is -0.660. The molecule has 0 bridgehead atoms. The lowest BCUT2D eigenvalue weighted by atomic mass is 10.1. The summed E-state index contributed by atoms with van der Waals surface area (Å²) < 4.78 is 0. The van der Waals surface area contributed by atoms with E-state index >= 15 is 0 Å². The summed E-state index contributed by atoms with van der Waals surface area (Å²) in [6.07, 6.45) is 0.841. The second-order valence-corrected chi connectivity index (χ2v) is 6.66. The zero-order valence-corrected chi connectivity index (χ0v) is 13.3. The van der Waals surface area contributed by atoms with E-state index in [9.17, 15) is 14.4 Å². The molecule has 2 heterocycles. The summed E-state index contributed by atoms with van der Waals surface area (Å²) in [6, 6.07) is 11.4. The van der Waals surface area contributed by atoms with Crippen molar-refractivity contribution < 1.29 is 4.79 Å². The first-order valence-corrected chi connectivity index (χ1v) is 8.48. The van der Waals surface area contributed by atoms with Gasteiger partial charge in [-0.3, -0.25) is 14.6 Å². The molecule has 0 spiro atoms. The molecule has 1 unspecified atom stereocenters. The molecule has 0 radical (unpaired) electrons. The minimum absolute atomic E-state index is 0.0434. The van der Waals surface area contributed by atoms with E-state index in [1.54, 1.807) is 4.90 Å². The van der Waals surface area contributed by atoms with Crippen molar-refractivity contribution >= 4 is 17.7 Å². The molecule has 2 N–H and O–H groups in total. The highest BCUT2D eigenvalue weighted by atomic mass is 32.2. The molecule has 1 aromatic heterocycles. The summed E-state index contributed by atoms with van der Waals surface area (Å²) in [5.74, 6) is 0.515. The number of benzene rings is 1. The number of hydrogen-bond acceptors (Lipinski definition) is 4. The number of carbonyl (C=O) groups is 1. The van der Waals surface area contributed by atoms with E-state index in [-0.39, 0.29) is 11.6 Å². The van der Waals surface area contributed by atoms with Crippen LogP contribution in [0.3, 0.4) is 0 Å². The lowest BCUT2D eigenvalue weighted by molar-refractivity contribution is 0.0760. The molecule has 0 saturated carbocycles. The van der Waals surface area contributed by atoms with Crippen molar-refractivity contribution in [2.75, 3.05) is 18.8 Å². The van der Waals surface area contributed by atoms with E-state index in [0.717, 1.165) is 18.2 Å². The van der Waals surface area contributed by atoms with E-state index in [4.69, 9.17) is 0 Å². The summed E-state index contributed by atoms with van der Waals surface area (Å²) in [6.45, 7) is 1.20. The van der Waals surface area contributed by atoms with Gasteiger partial charge in [-0.05, 0) is 12.0 Å². The van der Waals surface area contributed by atoms with Crippen molar-refractivity contribution in [1.29, 1.82) is 0 Å². The van der Waals surface area contributed by atoms with Crippen LogP contribution < -0.4 is 11.2 Å². The Kier molecular flexibility index (Phi) is 4.66. The first-order chi connectivity index (χ1) is 11.1. The van der Waals surface area contributed by atoms with Crippen LogP contribution in [0.2, 0.25) is 0 Å². The van der Waals surface area contributed by atoms with E-state index in [2.05, 4.69) is 22.1 Å². The van der Waals surface area contributed by atoms with Crippen LogP contribution in [0.1, 0.15) is 27.7 Å². The number of amides is 1. The molecule has 1 atom stereocenters. The summed E-state index contributed by atoms with van der Waals surface area (Å²) in [5, 5.41) is 0.354. The van der Waals surface area contributed by atoms with Gasteiger partial charge in [0, 0.05) is 30.2 Å². The van der Waals surface area contributed by atoms with Crippen molar-refractivity contribution in [3.05, 3.63) is 68.5 Å². The number of aromatic amines is 2. The van der Waals surface area contributed by atoms with Gasteiger partial charge in [-0.15, -0.1) is 0 Å². The molecule has 1 aromatic carbocycles. The lowest BCUT2D eigenvalue weighted by Gasteiger charge is -2.20. The monoisotopic (exact) mass is 331 g/mol. The molecule has 1 aliphatic heterocycles. The van der Waals surface area contributed by atoms with E-state index in [1.807, 2.05) is 30.0 Å². The van der Waals surface area contributed by atoms with Crippen molar-refractivity contribution in [3.63, 3.8) is 0 Å². The van der Waals surface area contributed by atoms with Crippen molar-refractivity contribution in [3.8, 4) is 0 Å². The average molecular weight is 331 g/mol. The zero-order valence-electron chi connectivity index (χ0n) is 12.5. The number of rotatable bonds is 2. The number of H-pyrrole nitrogens is 2. The first kappa shape index (κ1) is 15.6. The highest BCUT2D eigenvalue weighted by Gasteiger charge is 2.23. The van der Waals surface area contributed by atoms with E-state index < -0.39 is 11.2 Å². The standard InChI is InChI=1S/C16H17N3O3S/c20-14-10-12(17-16(22)18-14)15(21)19-7-6-13(23-9-8-19)11-4-2-1-3-5-11/h1-5,10,13H,6-9H2,(H2,17,18,20,22). The molecule has 7 heteroatoms. The Bertz CT molecular complexity index is 772. The number of hydrogen-bond donors (Lipinski definition) is 2. The molecule has 1 amide bonds. The van der Waals surface area contributed by atoms with Crippen molar-refractivity contribution in [2.45, 2.75) is 11.7 Å². The SMILES string of the molecule is O=C(c1cc(=O)[nH]c(=O)[nH]1)N1CCSC(c2ccccc2)CC1. The number of thioether (sulfide) groups is 1. The largest absolute Gasteiger partial charge is 0.336 e. The molecule has 1 saturated heterocycles. The van der Waals surface area contributed by atoms with Gasteiger partial charge < -0.3 is 9.88 Å². The van der Waals surface area contributed by atoms with E-state index in [0.29, 0.717) is 18.3 Å². The van der Waals surface area contributed by atoms with Crippen LogP contribution in [-0.2, 0) is 0 Å². The zero-order chi connectivity index (χ0) is 16.2. The molecule has 3 rings (SSSR count). The highest BCUT2D eigenvalue weighted by molar-refractivity contribution is 7.99. The molecule has 0 aliphatic carbocycles. The van der Waals surface area contributed by atoms with Gasteiger partial charge in [-0.1, -0.05) is 30.3 Å². The summed E-state index contributed by atoms with van der Waals surface area (Å²) in [7, 11) is 0. The van der Waals surface area contributed by atoms with Crippen LogP contribution >= 0.6 is 11.8 Å². The molecule has 23 heavy (non-hydrogen) atoms. The first-order valence-electron chi connectivity index (χ1n) is 7.43. The maximum atomic E-state index is 12.5. The normalized spacial score (nSPS) is 18.4. The Morgan fingerprint density at radius 2 is 1.91 bits per heavy atom. The number of nitrogens with one attached hydrogen (secondary N) is 2. The molecule has 120 valence electrons. The lowest BCUT2D eigenvalue weighted by Crippen LogP contribution is -2.36. The molecular weight excluding hydrogens is 314 g/mol. The van der Waals surface area contributed by atoms with Crippen LogP contribution in [0.15, 0.2) is 46.0 Å². The maximum Gasteiger partial charge on any atom is 0.326 e. The Hall–Kier alpha value is -2.28. The van der Waals surface area contributed by atoms with Crippen LogP contribution in [0.5, 0.6) is 0 Å². The fourth-order valence-corrected chi connectivity index (χ4v) is 3.89. The average Bonchev–Trinajstić information content (AvgIpc) is 2.80. The highest BCUT2D eigenvalue weighted by Crippen LogP contribution is 2.34. The molecule has 2 aromatic rings. The maximum absolute atomic E-state index is 12.5. The van der Waals surface area contributed by atoms with Gasteiger partial charge in [-0.25, -0.2) is 4.79 Å². The van der Waals surface area contributed by atoms with Crippen molar-refractivity contribution in [1.82, 2.24) is 14.9 Å². The van der Waals surface area contributed by atoms with E-state index in [1.165, 1.54) is 5.56 Å². The minimum Gasteiger partial charge on any atom is -0.336 e. The van der Waals surface area contributed by atoms with Gasteiger partial charge in [0.1, 0.15) is 5.69 Å². The van der Waals surface area contributed by atoms with Crippen LogP contribution in [0.4, 0.5) is 0 Å². The van der Waals surface area contributed by atoms with Crippen LogP contribution in [0.25, 0.3) is 0 Å². The second-order valence-electron chi connectivity index (χ2n) is 5.35. The topological polar surface area (TPSA) is 86.0 Å². The van der Waals surface area contributed by atoms with Crippen LogP contribution in [0, 0.1) is 0 Å². The third-order valence-corrected chi connectivity index (χ3v) is 5.12. The number of carbonyl (C=O) groups excluding carboxylic acids is 1. The van der Waals surface area contributed by atoms with Crippen LogP contribution in [-0.4, -0.2) is 39.6 Å². The fraction of sp³-hybridized carbons (Fsp3) is 0.312. The Morgan fingerprint density at radius 1 is 1.13 bits per heavy atom. The number of aromatic nitrogens is 2. The third-order valence-electron chi connectivity index (χ3n) is 3.79. The Labute approximate surface area is 136 Å². The summed E-state index contributed by atoms with van der Waals surface area (Å²) >= 11 is 1.83. The molecule has 1 aliphatic rings. The van der Waals surface area contributed by atoms with Gasteiger partial charge in [0.25, 0.3) is 11.5 Å². The van der Waals surface area contributed by atoms with Gasteiger partial charge in [-0.2, -0.15) is 11.8 Å². The van der Waals surface area contributed by atoms with Crippen molar-refractivity contribution in [2.24, 2.45) is 0 Å². The quantitative estimate of drug-likeness (QED) is 0.870. The summed E-state index contributed by atoms with van der Waals surface area (Å²) in [4.78, 5) is 41.3. The predicted octanol–water partition coefficient (Wildman–Crippen LogP) is 1.38. The Balaban J connectivity index is 1.74.